The number of benzene rings is 1. The fourth-order valence-corrected chi connectivity index (χ4v) is 3.02. The highest BCUT2D eigenvalue weighted by atomic mass is 79.9. The molecule has 0 aliphatic carbocycles. The van der Waals surface area contributed by atoms with E-state index >= 15 is 0 Å². The lowest BCUT2D eigenvalue weighted by molar-refractivity contribution is 0.573. The topological polar surface area (TPSA) is 12.0 Å². The summed E-state index contributed by atoms with van der Waals surface area (Å²) in [6, 6.07) is 6.60. The Bertz CT molecular complexity index is 327. The maximum Gasteiger partial charge on any atom is 0.0449 e. The standard InChI is InChI=1S/C12H17BrClNS/c1-3-15-11(8-16-2)6-9-4-5-10(13)7-12(9)14/h4-5,7,11,15H,3,6,8H2,1-2H3. The molecule has 1 rings (SSSR count). The summed E-state index contributed by atoms with van der Waals surface area (Å²) in [5.74, 6) is 1.11. The van der Waals surface area contributed by atoms with Gasteiger partial charge in [0, 0.05) is 21.3 Å². The van der Waals surface area contributed by atoms with Crippen LogP contribution in [0.1, 0.15) is 12.5 Å². The van der Waals surface area contributed by atoms with E-state index in [0.717, 1.165) is 28.2 Å². The highest BCUT2D eigenvalue weighted by molar-refractivity contribution is 9.10. The van der Waals surface area contributed by atoms with Gasteiger partial charge in [0.2, 0.25) is 0 Å². The van der Waals surface area contributed by atoms with Crippen LogP contribution in [-0.2, 0) is 6.42 Å². The second-order valence-corrected chi connectivity index (χ2v) is 5.88. The van der Waals surface area contributed by atoms with Gasteiger partial charge in [0.1, 0.15) is 0 Å². The highest BCUT2D eigenvalue weighted by Gasteiger charge is 2.10. The summed E-state index contributed by atoms with van der Waals surface area (Å²) in [4.78, 5) is 0. The molecular weight excluding hydrogens is 306 g/mol. The van der Waals surface area contributed by atoms with Crippen LogP contribution >= 0.6 is 39.3 Å². The summed E-state index contributed by atoms with van der Waals surface area (Å²) >= 11 is 11.5. The molecule has 0 fully saturated rings. The SMILES string of the molecule is CCNC(CSC)Cc1ccc(Br)cc1Cl. The van der Waals surface area contributed by atoms with Gasteiger partial charge in [-0.2, -0.15) is 11.8 Å². The molecule has 4 heteroatoms. The fraction of sp³-hybridized carbons (Fsp3) is 0.500. The summed E-state index contributed by atoms with van der Waals surface area (Å²) < 4.78 is 1.03. The molecule has 0 bridgehead atoms. The second-order valence-electron chi connectivity index (χ2n) is 3.65. The average molecular weight is 323 g/mol. The molecule has 0 amide bonds. The zero-order valence-electron chi connectivity index (χ0n) is 9.59. The Morgan fingerprint density at radius 3 is 2.81 bits per heavy atom. The van der Waals surface area contributed by atoms with Crippen molar-refractivity contribution >= 4 is 39.3 Å². The van der Waals surface area contributed by atoms with Crippen LogP contribution in [0, 0.1) is 0 Å². The van der Waals surface area contributed by atoms with Crippen molar-refractivity contribution in [3.8, 4) is 0 Å². The van der Waals surface area contributed by atoms with E-state index < -0.39 is 0 Å². The van der Waals surface area contributed by atoms with E-state index in [1.165, 1.54) is 5.56 Å². The first kappa shape index (κ1) is 14.4. The quantitative estimate of drug-likeness (QED) is 0.850. The Morgan fingerprint density at radius 1 is 1.50 bits per heavy atom. The molecule has 1 unspecified atom stereocenters. The molecule has 0 spiro atoms. The van der Waals surface area contributed by atoms with E-state index in [2.05, 4.69) is 40.5 Å². The van der Waals surface area contributed by atoms with Gasteiger partial charge in [-0.3, -0.25) is 0 Å². The third-order valence-corrected chi connectivity index (χ3v) is 3.92. The molecule has 0 aromatic heterocycles. The lowest BCUT2D eigenvalue weighted by Gasteiger charge is -2.17. The molecule has 0 aliphatic rings. The Kier molecular flexibility index (Phi) is 6.81. The highest BCUT2D eigenvalue weighted by Crippen LogP contribution is 2.22. The van der Waals surface area contributed by atoms with Crippen molar-refractivity contribution in [1.29, 1.82) is 0 Å². The number of halogens is 2. The molecular formula is C12H17BrClNS. The molecule has 90 valence electrons. The number of nitrogens with one attached hydrogen (secondary N) is 1. The Hall–Kier alpha value is 0.300. The van der Waals surface area contributed by atoms with E-state index in [0.29, 0.717) is 6.04 Å². The Morgan fingerprint density at radius 2 is 2.25 bits per heavy atom. The van der Waals surface area contributed by atoms with Gasteiger partial charge >= 0.3 is 0 Å². The molecule has 1 N–H and O–H groups in total. The Balaban J connectivity index is 2.68. The summed E-state index contributed by atoms with van der Waals surface area (Å²) in [5.41, 5.74) is 1.21. The van der Waals surface area contributed by atoms with Crippen LogP contribution in [0.4, 0.5) is 0 Å². The van der Waals surface area contributed by atoms with Crippen molar-refractivity contribution < 1.29 is 0 Å². The second kappa shape index (κ2) is 7.59. The smallest absolute Gasteiger partial charge is 0.0449 e. The first-order valence-corrected chi connectivity index (χ1v) is 7.90. The van der Waals surface area contributed by atoms with Crippen LogP contribution in [0.15, 0.2) is 22.7 Å². The van der Waals surface area contributed by atoms with Gasteiger partial charge in [-0.1, -0.05) is 40.5 Å². The third kappa shape index (κ3) is 4.66. The summed E-state index contributed by atoms with van der Waals surface area (Å²) in [7, 11) is 0. The molecule has 1 atom stereocenters. The molecule has 0 saturated carbocycles. The zero-order chi connectivity index (χ0) is 12.0. The van der Waals surface area contributed by atoms with Gasteiger partial charge in [0.15, 0.2) is 0 Å². The molecule has 0 saturated heterocycles. The predicted molar refractivity (Wildman–Crippen MR) is 78.7 cm³/mol. The number of likely N-dealkylation sites (N-methyl/N-ethyl adjacent to an activating group) is 1. The minimum Gasteiger partial charge on any atom is -0.313 e. The van der Waals surface area contributed by atoms with Crippen molar-refractivity contribution in [1.82, 2.24) is 5.32 Å². The van der Waals surface area contributed by atoms with Crippen molar-refractivity contribution in [2.75, 3.05) is 18.6 Å². The summed E-state index contributed by atoms with van der Waals surface area (Å²) in [6.45, 7) is 3.13. The van der Waals surface area contributed by atoms with Crippen LogP contribution in [0.2, 0.25) is 5.02 Å². The monoisotopic (exact) mass is 321 g/mol. The third-order valence-electron chi connectivity index (χ3n) is 2.34. The number of thioether (sulfide) groups is 1. The van der Waals surface area contributed by atoms with E-state index in [1.54, 1.807) is 0 Å². The van der Waals surface area contributed by atoms with E-state index in [1.807, 2.05) is 23.9 Å². The minimum absolute atomic E-state index is 0.499. The molecule has 16 heavy (non-hydrogen) atoms. The largest absolute Gasteiger partial charge is 0.313 e. The van der Waals surface area contributed by atoms with Crippen LogP contribution in [0.25, 0.3) is 0 Å². The number of rotatable bonds is 6. The molecule has 0 aliphatic heterocycles. The zero-order valence-corrected chi connectivity index (χ0v) is 12.8. The van der Waals surface area contributed by atoms with Crippen LogP contribution in [0.3, 0.4) is 0 Å². The fourth-order valence-electron chi connectivity index (χ4n) is 1.63. The van der Waals surface area contributed by atoms with Crippen LogP contribution < -0.4 is 5.32 Å². The number of hydrogen-bond donors (Lipinski definition) is 1. The van der Waals surface area contributed by atoms with Crippen molar-refractivity contribution in [3.63, 3.8) is 0 Å². The molecule has 1 nitrogen and oxygen atoms in total. The lowest BCUT2D eigenvalue weighted by Crippen LogP contribution is -2.33. The first-order valence-electron chi connectivity index (χ1n) is 5.33. The summed E-state index contributed by atoms with van der Waals surface area (Å²) in [5, 5.41) is 4.33. The average Bonchev–Trinajstić information content (AvgIpc) is 2.23. The van der Waals surface area contributed by atoms with E-state index in [4.69, 9.17) is 11.6 Å². The summed E-state index contributed by atoms with van der Waals surface area (Å²) in [6.07, 6.45) is 3.12. The van der Waals surface area contributed by atoms with E-state index in [9.17, 15) is 0 Å². The van der Waals surface area contributed by atoms with Gasteiger partial charge in [-0.15, -0.1) is 0 Å². The van der Waals surface area contributed by atoms with Gasteiger partial charge < -0.3 is 5.32 Å². The Labute approximate surface area is 115 Å². The number of hydrogen-bond acceptors (Lipinski definition) is 2. The molecule has 0 heterocycles. The molecule has 1 aromatic carbocycles. The normalized spacial score (nSPS) is 12.8. The molecule has 0 radical (unpaired) electrons. The van der Waals surface area contributed by atoms with Crippen LogP contribution in [-0.4, -0.2) is 24.6 Å². The van der Waals surface area contributed by atoms with Gasteiger partial charge in [0.25, 0.3) is 0 Å². The lowest BCUT2D eigenvalue weighted by atomic mass is 10.1. The van der Waals surface area contributed by atoms with Crippen molar-refractivity contribution in [2.45, 2.75) is 19.4 Å². The van der Waals surface area contributed by atoms with Crippen molar-refractivity contribution in [3.05, 3.63) is 33.3 Å². The molecule has 1 aromatic rings. The maximum absolute atomic E-state index is 6.21. The first-order chi connectivity index (χ1) is 7.67. The van der Waals surface area contributed by atoms with Gasteiger partial charge in [-0.25, -0.2) is 0 Å². The van der Waals surface area contributed by atoms with Gasteiger partial charge in [-0.05, 0) is 36.9 Å². The maximum atomic E-state index is 6.21. The van der Waals surface area contributed by atoms with Crippen LogP contribution in [0.5, 0.6) is 0 Å². The predicted octanol–water partition coefficient (Wildman–Crippen LogP) is 3.99. The van der Waals surface area contributed by atoms with E-state index in [-0.39, 0.29) is 0 Å². The van der Waals surface area contributed by atoms with Crippen molar-refractivity contribution in [2.24, 2.45) is 0 Å². The minimum atomic E-state index is 0.499. The van der Waals surface area contributed by atoms with Gasteiger partial charge in [0.05, 0.1) is 0 Å².